The van der Waals surface area contributed by atoms with Crippen LogP contribution in [0.2, 0.25) is 0 Å². The van der Waals surface area contributed by atoms with E-state index in [4.69, 9.17) is 18.9 Å². The average Bonchev–Trinajstić information content (AvgIpc) is 3.59. The number of rotatable bonds is 9. The van der Waals surface area contributed by atoms with Gasteiger partial charge in [-0.2, -0.15) is 0 Å². The normalized spacial score (nSPS) is 26.1. The van der Waals surface area contributed by atoms with E-state index >= 15 is 0 Å². The van der Waals surface area contributed by atoms with E-state index in [1.807, 2.05) is 12.1 Å². The first-order valence-corrected chi connectivity index (χ1v) is 13.9. The van der Waals surface area contributed by atoms with E-state index in [1.165, 1.54) is 7.05 Å². The molecule has 1 N–H and O–H groups in total. The SMILES string of the molecule is CNC(=O)CCC(=O)OC1C(OC(=O)COc2ccc(C(C)(C)C)cc2)C2OC1C1C(=O)N(c3ccccc3)C(=O)C21. The fraction of sp³-hybridized carbons (Fsp3) is 0.452. The Balaban J connectivity index is 1.32. The molecule has 6 unspecified atom stereocenters. The summed E-state index contributed by atoms with van der Waals surface area (Å²) in [6, 6.07) is 15.9. The van der Waals surface area contributed by atoms with Crippen LogP contribution in [0.1, 0.15) is 39.2 Å². The third kappa shape index (κ3) is 5.61. The number of imide groups is 1. The molecular formula is C31H34N2O9. The number of carbonyl (C=O) groups is 5. The van der Waals surface area contributed by atoms with Gasteiger partial charge in [0, 0.05) is 13.5 Å². The summed E-state index contributed by atoms with van der Waals surface area (Å²) < 4.78 is 23.0. The average molecular weight is 579 g/mol. The lowest BCUT2D eigenvalue weighted by atomic mass is 9.78. The van der Waals surface area contributed by atoms with Gasteiger partial charge in [0.2, 0.25) is 17.7 Å². The number of hydrogen-bond acceptors (Lipinski definition) is 9. The summed E-state index contributed by atoms with van der Waals surface area (Å²) in [4.78, 5) is 65.3. The molecule has 5 rings (SSSR count). The van der Waals surface area contributed by atoms with Gasteiger partial charge in [0.05, 0.1) is 23.9 Å². The molecule has 11 heteroatoms. The van der Waals surface area contributed by atoms with Crippen LogP contribution < -0.4 is 15.0 Å². The fourth-order valence-electron chi connectivity index (χ4n) is 5.72. The number of carbonyl (C=O) groups excluding carboxylic acids is 5. The lowest BCUT2D eigenvalue weighted by Crippen LogP contribution is -2.52. The predicted molar refractivity (Wildman–Crippen MR) is 148 cm³/mol. The number of amides is 3. The third-order valence-electron chi connectivity index (χ3n) is 7.85. The van der Waals surface area contributed by atoms with Crippen molar-refractivity contribution in [1.29, 1.82) is 0 Å². The number of esters is 2. The highest BCUT2D eigenvalue weighted by Crippen LogP contribution is 2.51. The molecule has 0 aliphatic carbocycles. The summed E-state index contributed by atoms with van der Waals surface area (Å²) in [5.74, 6) is -4.11. The molecular weight excluding hydrogens is 544 g/mol. The van der Waals surface area contributed by atoms with Crippen molar-refractivity contribution in [3.63, 3.8) is 0 Å². The Kier molecular flexibility index (Phi) is 8.05. The highest BCUT2D eigenvalue weighted by Gasteiger charge is 2.71. The Labute approximate surface area is 243 Å². The van der Waals surface area contributed by atoms with E-state index in [1.54, 1.807) is 42.5 Å². The zero-order valence-electron chi connectivity index (χ0n) is 23.9. The van der Waals surface area contributed by atoms with Gasteiger partial charge in [-0.25, -0.2) is 9.69 Å². The van der Waals surface area contributed by atoms with Gasteiger partial charge in [0.1, 0.15) is 18.0 Å². The fourth-order valence-corrected chi connectivity index (χ4v) is 5.72. The Hall–Kier alpha value is -4.25. The van der Waals surface area contributed by atoms with Crippen molar-refractivity contribution < 1.29 is 42.9 Å². The third-order valence-corrected chi connectivity index (χ3v) is 7.85. The van der Waals surface area contributed by atoms with E-state index in [-0.39, 0.29) is 24.2 Å². The first-order valence-electron chi connectivity index (χ1n) is 13.9. The van der Waals surface area contributed by atoms with E-state index in [9.17, 15) is 24.0 Å². The summed E-state index contributed by atoms with van der Waals surface area (Å²) in [5, 5.41) is 2.43. The summed E-state index contributed by atoms with van der Waals surface area (Å²) in [5.41, 5.74) is 1.48. The van der Waals surface area contributed by atoms with Crippen LogP contribution in [0.3, 0.4) is 0 Å². The molecule has 0 spiro atoms. The summed E-state index contributed by atoms with van der Waals surface area (Å²) >= 11 is 0. The van der Waals surface area contributed by atoms with Gasteiger partial charge < -0.3 is 24.3 Å². The topological polar surface area (TPSA) is 138 Å². The van der Waals surface area contributed by atoms with Gasteiger partial charge >= 0.3 is 11.9 Å². The van der Waals surface area contributed by atoms with Crippen molar-refractivity contribution in [3.8, 4) is 5.75 Å². The molecule has 0 saturated carbocycles. The molecule has 3 saturated heterocycles. The van der Waals surface area contributed by atoms with Crippen LogP contribution in [0.4, 0.5) is 5.69 Å². The minimum Gasteiger partial charge on any atom is -0.482 e. The lowest BCUT2D eigenvalue weighted by molar-refractivity contribution is -0.173. The van der Waals surface area contributed by atoms with Crippen LogP contribution in [0, 0.1) is 11.8 Å². The standard InChI is InChI=1S/C31H34N2O9/c1-31(2,3)17-10-12-19(13-11-17)39-16-22(36)41-28-26-24-23(29(37)33(30(24)38)18-8-6-5-7-9-18)25(42-26)27(28)40-21(35)15-14-20(34)32-4/h5-13,23-28H,14-16H2,1-4H3,(H,32,34). The van der Waals surface area contributed by atoms with Crippen molar-refractivity contribution in [2.75, 3.05) is 18.6 Å². The second kappa shape index (κ2) is 11.6. The Morgan fingerprint density at radius 2 is 1.40 bits per heavy atom. The van der Waals surface area contributed by atoms with Crippen molar-refractivity contribution in [2.24, 2.45) is 11.8 Å². The van der Waals surface area contributed by atoms with Gasteiger partial charge in [-0.05, 0) is 35.2 Å². The number of anilines is 1. The maximum absolute atomic E-state index is 13.5. The smallest absolute Gasteiger partial charge is 0.344 e. The monoisotopic (exact) mass is 578 g/mol. The maximum atomic E-state index is 13.5. The Morgan fingerprint density at radius 1 is 0.833 bits per heavy atom. The van der Waals surface area contributed by atoms with Crippen molar-refractivity contribution >= 4 is 35.3 Å². The number of nitrogens with one attached hydrogen (secondary N) is 1. The van der Waals surface area contributed by atoms with Crippen LogP contribution in [0.5, 0.6) is 5.75 Å². The molecule has 6 atom stereocenters. The number of fused-ring (bicyclic) bond motifs is 5. The largest absolute Gasteiger partial charge is 0.482 e. The number of ether oxygens (including phenoxy) is 4. The van der Waals surface area contributed by atoms with Crippen LogP contribution in [-0.2, 0) is 43.6 Å². The number of benzene rings is 2. The summed E-state index contributed by atoms with van der Waals surface area (Å²) in [7, 11) is 1.45. The van der Waals surface area contributed by atoms with Crippen molar-refractivity contribution in [3.05, 3.63) is 60.2 Å². The van der Waals surface area contributed by atoms with E-state index in [2.05, 4.69) is 26.1 Å². The molecule has 11 nitrogen and oxygen atoms in total. The molecule has 222 valence electrons. The molecule has 2 aromatic rings. The predicted octanol–water partition coefficient (Wildman–Crippen LogP) is 2.30. The van der Waals surface area contributed by atoms with Gasteiger partial charge in [0.25, 0.3) is 0 Å². The number of hydrogen-bond donors (Lipinski definition) is 1. The van der Waals surface area contributed by atoms with E-state index in [0.717, 1.165) is 10.5 Å². The summed E-state index contributed by atoms with van der Waals surface area (Å²) in [6.45, 7) is 5.83. The molecule has 0 radical (unpaired) electrons. The van der Waals surface area contributed by atoms with Gasteiger partial charge in [-0.15, -0.1) is 0 Å². The van der Waals surface area contributed by atoms with Crippen LogP contribution in [0.15, 0.2) is 54.6 Å². The van der Waals surface area contributed by atoms with E-state index < -0.39 is 66.6 Å². The van der Waals surface area contributed by atoms with Crippen molar-refractivity contribution in [1.82, 2.24) is 5.32 Å². The molecule has 3 aliphatic heterocycles. The van der Waals surface area contributed by atoms with Gasteiger partial charge in [-0.1, -0.05) is 51.1 Å². The summed E-state index contributed by atoms with van der Waals surface area (Å²) in [6.07, 6.45) is -4.62. The second-order valence-electron chi connectivity index (χ2n) is 11.6. The van der Waals surface area contributed by atoms with Crippen LogP contribution >= 0.6 is 0 Å². The molecule has 3 heterocycles. The Morgan fingerprint density at radius 3 is 1.95 bits per heavy atom. The minimum absolute atomic E-state index is 0.0426. The molecule has 3 amide bonds. The first kappa shape index (κ1) is 29.2. The van der Waals surface area contributed by atoms with Crippen molar-refractivity contribution in [2.45, 2.75) is 63.4 Å². The Bertz CT molecular complexity index is 1370. The highest BCUT2D eigenvalue weighted by atomic mass is 16.6. The molecule has 42 heavy (non-hydrogen) atoms. The molecule has 2 aromatic carbocycles. The molecule has 2 bridgehead atoms. The van der Waals surface area contributed by atoms with E-state index in [0.29, 0.717) is 11.4 Å². The quantitative estimate of drug-likeness (QED) is 0.351. The minimum atomic E-state index is -1.15. The molecule has 3 fully saturated rings. The maximum Gasteiger partial charge on any atom is 0.344 e. The van der Waals surface area contributed by atoms with Crippen LogP contribution in [0.25, 0.3) is 0 Å². The van der Waals surface area contributed by atoms with Gasteiger partial charge in [0.15, 0.2) is 18.8 Å². The number of para-hydroxylation sites is 1. The zero-order valence-corrected chi connectivity index (χ0v) is 23.9. The highest BCUT2D eigenvalue weighted by molar-refractivity contribution is 6.23. The zero-order chi connectivity index (χ0) is 30.2. The second-order valence-corrected chi connectivity index (χ2v) is 11.6. The van der Waals surface area contributed by atoms with Crippen LogP contribution in [-0.4, -0.2) is 67.7 Å². The van der Waals surface area contributed by atoms with Gasteiger partial charge in [-0.3, -0.25) is 19.2 Å². The first-order chi connectivity index (χ1) is 20.0. The lowest BCUT2D eigenvalue weighted by Gasteiger charge is -2.31. The number of nitrogens with zero attached hydrogens (tertiary/aromatic N) is 1. The molecule has 3 aliphatic rings. The molecule has 0 aromatic heterocycles.